The molecule has 2 heteroatoms. The molecule has 1 atom stereocenters. The highest BCUT2D eigenvalue weighted by Gasteiger charge is 2.34. The number of hydrogen-bond acceptors (Lipinski definition) is 2. The number of benzene rings is 1. The minimum absolute atomic E-state index is 0.353. The minimum atomic E-state index is 0.353. The van der Waals surface area contributed by atoms with Gasteiger partial charge < -0.3 is 10.1 Å². The SMILES string of the molecule is CCOc1ccccc1C(C)NCC1(CC)CCC1. The van der Waals surface area contributed by atoms with Gasteiger partial charge in [0, 0.05) is 18.2 Å². The molecule has 0 heterocycles. The Morgan fingerprint density at radius 1 is 1.26 bits per heavy atom. The smallest absolute Gasteiger partial charge is 0.124 e. The molecule has 0 aromatic heterocycles. The Balaban J connectivity index is 1.97. The van der Waals surface area contributed by atoms with Crippen LogP contribution in [0.25, 0.3) is 0 Å². The largest absolute Gasteiger partial charge is 0.494 e. The zero-order chi connectivity index (χ0) is 13.7. The number of hydrogen-bond donors (Lipinski definition) is 1. The van der Waals surface area contributed by atoms with Crippen molar-refractivity contribution in [1.82, 2.24) is 5.32 Å². The quantitative estimate of drug-likeness (QED) is 0.789. The minimum Gasteiger partial charge on any atom is -0.494 e. The molecule has 0 amide bonds. The van der Waals surface area contributed by atoms with Crippen LogP contribution < -0.4 is 10.1 Å². The summed E-state index contributed by atoms with van der Waals surface area (Å²) >= 11 is 0. The fraction of sp³-hybridized carbons (Fsp3) is 0.647. The number of nitrogens with one attached hydrogen (secondary N) is 1. The summed E-state index contributed by atoms with van der Waals surface area (Å²) < 4.78 is 5.72. The standard InChI is InChI=1S/C17H27NO/c1-4-17(11-8-12-17)13-18-14(3)15-9-6-7-10-16(15)19-5-2/h6-7,9-10,14,18H,4-5,8,11-13H2,1-3H3. The molecule has 0 spiro atoms. The van der Waals surface area contributed by atoms with Gasteiger partial charge in [-0.25, -0.2) is 0 Å². The van der Waals surface area contributed by atoms with Crippen molar-refractivity contribution in [2.24, 2.45) is 5.41 Å². The summed E-state index contributed by atoms with van der Waals surface area (Å²) in [5.41, 5.74) is 1.84. The molecule has 0 saturated heterocycles. The monoisotopic (exact) mass is 261 g/mol. The summed E-state index contributed by atoms with van der Waals surface area (Å²) in [6.07, 6.45) is 5.46. The normalized spacial score (nSPS) is 18.7. The number of ether oxygens (including phenoxy) is 1. The Hall–Kier alpha value is -1.02. The van der Waals surface area contributed by atoms with E-state index in [0.717, 1.165) is 18.9 Å². The van der Waals surface area contributed by atoms with Crippen LogP contribution in [0, 0.1) is 5.41 Å². The van der Waals surface area contributed by atoms with Gasteiger partial charge in [0.1, 0.15) is 5.75 Å². The summed E-state index contributed by atoms with van der Waals surface area (Å²) in [6.45, 7) is 8.45. The second-order valence-electron chi connectivity index (χ2n) is 5.78. The fourth-order valence-electron chi connectivity index (χ4n) is 2.94. The molecule has 2 nitrogen and oxygen atoms in total. The highest BCUT2D eigenvalue weighted by Crippen LogP contribution is 2.43. The molecular weight excluding hydrogens is 234 g/mol. The highest BCUT2D eigenvalue weighted by atomic mass is 16.5. The second kappa shape index (κ2) is 6.42. The molecule has 1 N–H and O–H groups in total. The summed E-state index contributed by atoms with van der Waals surface area (Å²) in [5.74, 6) is 1.02. The Bertz CT molecular complexity index is 392. The molecule has 1 aromatic carbocycles. The Morgan fingerprint density at radius 3 is 2.58 bits per heavy atom. The molecule has 0 radical (unpaired) electrons. The van der Waals surface area contributed by atoms with Crippen LogP contribution in [0.4, 0.5) is 0 Å². The van der Waals surface area contributed by atoms with E-state index in [9.17, 15) is 0 Å². The van der Waals surface area contributed by atoms with Crippen LogP contribution in [0.1, 0.15) is 58.1 Å². The Kier molecular flexibility index (Phi) is 4.87. The average Bonchev–Trinajstić information content (AvgIpc) is 2.39. The summed E-state index contributed by atoms with van der Waals surface area (Å²) in [5, 5.41) is 3.71. The van der Waals surface area contributed by atoms with Crippen LogP contribution >= 0.6 is 0 Å². The van der Waals surface area contributed by atoms with Crippen molar-refractivity contribution in [3.8, 4) is 5.75 Å². The van der Waals surface area contributed by atoms with Gasteiger partial charge in [-0.15, -0.1) is 0 Å². The van der Waals surface area contributed by atoms with E-state index in [1.807, 2.05) is 13.0 Å². The molecule has 0 bridgehead atoms. The summed E-state index contributed by atoms with van der Waals surface area (Å²) in [7, 11) is 0. The van der Waals surface area contributed by atoms with Crippen LogP contribution in [0.3, 0.4) is 0 Å². The van der Waals surface area contributed by atoms with E-state index in [1.165, 1.54) is 31.2 Å². The lowest BCUT2D eigenvalue weighted by Crippen LogP contribution is -2.40. The van der Waals surface area contributed by atoms with Gasteiger partial charge in [0.25, 0.3) is 0 Å². The Labute approximate surface area is 117 Å². The third kappa shape index (κ3) is 3.30. The molecule has 1 fully saturated rings. The molecule has 1 aromatic rings. The molecule has 1 aliphatic carbocycles. The van der Waals surface area contributed by atoms with E-state index in [1.54, 1.807) is 0 Å². The van der Waals surface area contributed by atoms with E-state index in [4.69, 9.17) is 4.74 Å². The first-order chi connectivity index (χ1) is 9.21. The van der Waals surface area contributed by atoms with Gasteiger partial charge in [-0.3, -0.25) is 0 Å². The summed E-state index contributed by atoms with van der Waals surface area (Å²) in [6, 6.07) is 8.72. The van der Waals surface area contributed by atoms with Crippen LogP contribution in [-0.4, -0.2) is 13.2 Å². The summed E-state index contributed by atoms with van der Waals surface area (Å²) in [4.78, 5) is 0. The maximum absolute atomic E-state index is 5.72. The molecule has 1 saturated carbocycles. The van der Waals surface area contributed by atoms with Crippen LogP contribution in [0.2, 0.25) is 0 Å². The zero-order valence-electron chi connectivity index (χ0n) is 12.5. The lowest BCUT2D eigenvalue weighted by Gasteiger charge is -2.42. The first kappa shape index (κ1) is 14.4. The first-order valence-electron chi connectivity index (χ1n) is 7.66. The zero-order valence-corrected chi connectivity index (χ0v) is 12.5. The van der Waals surface area contributed by atoms with Crippen molar-refractivity contribution in [2.75, 3.05) is 13.2 Å². The van der Waals surface area contributed by atoms with Gasteiger partial charge in [0.15, 0.2) is 0 Å². The van der Waals surface area contributed by atoms with Gasteiger partial charge in [0.2, 0.25) is 0 Å². The van der Waals surface area contributed by atoms with Crippen molar-refractivity contribution >= 4 is 0 Å². The average molecular weight is 261 g/mol. The van der Waals surface area contributed by atoms with Gasteiger partial charge >= 0.3 is 0 Å². The van der Waals surface area contributed by atoms with E-state index < -0.39 is 0 Å². The number of rotatable bonds is 7. The first-order valence-corrected chi connectivity index (χ1v) is 7.66. The predicted molar refractivity (Wildman–Crippen MR) is 80.6 cm³/mol. The van der Waals surface area contributed by atoms with Gasteiger partial charge in [-0.2, -0.15) is 0 Å². The second-order valence-corrected chi connectivity index (χ2v) is 5.78. The lowest BCUT2D eigenvalue weighted by atomic mass is 9.67. The van der Waals surface area contributed by atoms with Gasteiger partial charge in [0.05, 0.1) is 6.61 Å². The maximum Gasteiger partial charge on any atom is 0.124 e. The van der Waals surface area contributed by atoms with E-state index in [0.29, 0.717) is 11.5 Å². The van der Waals surface area contributed by atoms with Crippen molar-refractivity contribution in [2.45, 2.75) is 52.5 Å². The third-order valence-electron chi connectivity index (χ3n) is 4.63. The van der Waals surface area contributed by atoms with Crippen LogP contribution in [0.15, 0.2) is 24.3 Å². The topological polar surface area (TPSA) is 21.3 Å². The van der Waals surface area contributed by atoms with Crippen molar-refractivity contribution in [1.29, 1.82) is 0 Å². The van der Waals surface area contributed by atoms with Crippen molar-refractivity contribution in [3.05, 3.63) is 29.8 Å². The highest BCUT2D eigenvalue weighted by molar-refractivity contribution is 5.35. The van der Waals surface area contributed by atoms with E-state index in [-0.39, 0.29) is 0 Å². The molecule has 2 rings (SSSR count). The Morgan fingerprint density at radius 2 is 2.00 bits per heavy atom. The van der Waals surface area contributed by atoms with Crippen molar-refractivity contribution in [3.63, 3.8) is 0 Å². The third-order valence-corrected chi connectivity index (χ3v) is 4.63. The van der Waals surface area contributed by atoms with E-state index >= 15 is 0 Å². The molecular formula is C17H27NO. The molecule has 0 aliphatic heterocycles. The van der Waals surface area contributed by atoms with Gasteiger partial charge in [-0.1, -0.05) is 31.5 Å². The lowest BCUT2D eigenvalue weighted by molar-refractivity contribution is 0.120. The molecule has 1 unspecified atom stereocenters. The maximum atomic E-state index is 5.72. The van der Waals surface area contributed by atoms with Gasteiger partial charge in [-0.05, 0) is 44.6 Å². The molecule has 1 aliphatic rings. The molecule has 19 heavy (non-hydrogen) atoms. The van der Waals surface area contributed by atoms with Crippen molar-refractivity contribution < 1.29 is 4.74 Å². The van der Waals surface area contributed by atoms with Crippen LogP contribution in [-0.2, 0) is 0 Å². The van der Waals surface area contributed by atoms with Crippen LogP contribution in [0.5, 0.6) is 5.75 Å². The van der Waals surface area contributed by atoms with E-state index in [2.05, 4.69) is 37.4 Å². The fourth-order valence-corrected chi connectivity index (χ4v) is 2.94. The number of para-hydroxylation sites is 1. The molecule has 106 valence electrons. The predicted octanol–water partition coefficient (Wildman–Crippen LogP) is 4.32.